The van der Waals surface area contributed by atoms with Gasteiger partial charge >= 0.3 is 6.03 Å². The summed E-state index contributed by atoms with van der Waals surface area (Å²) in [6, 6.07) is 15.3. The number of carbonyl (C=O) groups is 1. The first kappa shape index (κ1) is 19.5. The molecule has 4 rings (SSSR count). The van der Waals surface area contributed by atoms with Crippen molar-refractivity contribution < 1.29 is 14.1 Å². The van der Waals surface area contributed by atoms with Crippen molar-refractivity contribution in [2.75, 3.05) is 11.9 Å². The first-order chi connectivity index (χ1) is 14.6. The van der Waals surface area contributed by atoms with Gasteiger partial charge in [0.15, 0.2) is 5.82 Å². The number of fused-ring (bicyclic) bond motifs is 1. The molecule has 0 bridgehead atoms. The van der Waals surface area contributed by atoms with Crippen molar-refractivity contribution in [1.29, 1.82) is 0 Å². The van der Waals surface area contributed by atoms with Crippen LogP contribution in [0.5, 0.6) is 5.75 Å². The number of ether oxygens (including phenoxy) is 1. The van der Waals surface area contributed by atoms with Gasteiger partial charge in [-0.25, -0.2) is 4.79 Å². The lowest BCUT2D eigenvalue weighted by molar-refractivity contribution is 0.252. The molecule has 2 aromatic heterocycles. The van der Waals surface area contributed by atoms with Gasteiger partial charge in [-0.05, 0) is 44.0 Å². The Morgan fingerprint density at radius 3 is 2.77 bits per heavy atom. The molecule has 0 atom stereocenters. The van der Waals surface area contributed by atoms with Crippen LogP contribution in [0.2, 0.25) is 0 Å². The number of anilines is 1. The number of benzene rings is 2. The Bertz CT molecular complexity index is 1130. The summed E-state index contributed by atoms with van der Waals surface area (Å²) in [5, 5.41) is 17.5. The molecule has 2 heterocycles. The Hall–Kier alpha value is -3.81. The predicted octanol–water partition coefficient (Wildman–Crippen LogP) is 4.11. The number of nitrogens with zero attached hydrogens (tertiary/aromatic N) is 2. The van der Waals surface area contributed by atoms with Crippen molar-refractivity contribution in [3.63, 3.8) is 0 Å². The minimum absolute atomic E-state index is 0.304. The molecule has 0 aliphatic heterocycles. The van der Waals surface area contributed by atoms with Crippen molar-refractivity contribution >= 4 is 22.8 Å². The molecule has 2 aromatic carbocycles. The number of aryl methyl sites for hydroxylation is 2. The zero-order valence-electron chi connectivity index (χ0n) is 16.9. The topological polar surface area (TPSA) is 105 Å². The van der Waals surface area contributed by atoms with Crippen LogP contribution < -0.4 is 15.4 Å². The van der Waals surface area contributed by atoms with Crippen LogP contribution in [0.1, 0.15) is 22.6 Å². The summed E-state index contributed by atoms with van der Waals surface area (Å²) in [4.78, 5) is 12.3. The van der Waals surface area contributed by atoms with Gasteiger partial charge < -0.3 is 14.6 Å². The molecule has 0 radical (unpaired) electrons. The third-order valence-corrected chi connectivity index (χ3v) is 4.87. The van der Waals surface area contributed by atoms with Gasteiger partial charge in [0.25, 0.3) is 0 Å². The lowest BCUT2D eigenvalue weighted by Crippen LogP contribution is -2.30. The summed E-state index contributed by atoms with van der Waals surface area (Å²) in [5.74, 6) is 1.85. The summed E-state index contributed by atoms with van der Waals surface area (Å²) in [5.41, 5.74) is 3.72. The quantitative estimate of drug-likeness (QED) is 0.429. The van der Waals surface area contributed by atoms with Crippen LogP contribution in [0.3, 0.4) is 0 Å². The fourth-order valence-corrected chi connectivity index (χ4v) is 3.16. The van der Waals surface area contributed by atoms with Gasteiger partial charge in [-0.1, -0.05) is 35.5 Å². The Kier molecular flexibility index (Phi) is 5.65. The van der Waals surface area contributed by atoms with E-state index >= 15 is 0 Å². The van der Waals surface area contributed by atoms with Gasteiger partial charge in [0.1, 0.15) is 18.1 Å². The average molecular weight is 405 g/mol. The van der Waals surface area contributed by atoms with Crippen LogP contribution in [0, 0.1) is 13.8 Å². The van der Waals surface area contributed by atoms with E-state index in [2.05, 4.69) is 26.0 Å². The van der Waals surface area contributed by atoms with Gasteiger partial charge in [-0.3, -0.25) is 10.4 Å². The van der Waals surface area contributed by atoms with Crippen molar-refractivity contribution in [3.05, 3.63) is 71.1 Å². The Morgan fingerprint density at radius 1 is 1.17 bits per heavy atom. The number of hydrogen-bond acceptors (Lipinski definition) is 5. The summed E-state index contributed by atoms with van der Waals surface area (Å²) < 4.78 is 11.1. The monoisotopic (exact) mass is 405 g/mol. The molecular weight excluding hydrogens is 382 g/mol. The second-order valence-corrected chi connectivity index (χ2v) is 6.99. The van der Waals surface area contributed by atoms with Crippen LogP contribution in [-0.4, -0.2) is 27.9 Å². The van der Waals surface area contributed by atoms with E-state index in [1.807, 2.05) is 62.4 Å². The third-order valence-electron chi connectivity index (χ3n) is 4.87. The number of amides is 2. The van der Waals surface area contributed by atoms with E-state index in [0.717, 1.165) is 34.3 Å². The molecule has 3 N–H and O–H groups in total. The lowest BCUT2D eigenvalue weighted by atomic mass is 10.1. The Balaban J connectivity index is 1.38. The Labute approximate surface area is 173 Å². The molecular formula is C22H23N5O3. The molecule has 0 aliphatic carbocycles. The lowest BCUT2D eigenvalue weighted by Gasteiger charge is -2.08. The number of H-pyrrole nitrogens is 1. The van der Waals surface area contributed by atoms with Gasteiger partial charge in [0, 0.05) is 11.9 Å². The SMILES string of the molecule is Cc1noc(C)c1COc1ccc2[nH]nc(NC(=O)NCCc3ccccc3)c2c1. The second kappa shape index (κ2) is 8.69. The highest BCUT2D eigenvalue weighted by atomic mass is 16.5. The molecule has 4 aromatic rings. The second-order valence-electron chi connectivity index (χ2n) is 6.99. The maximum absolute atomic E-state index is 12.3. The first-order valence-corrected chi connectivity index (χ1v) is 9.71. The zero-order valence-corrected chi connectivity index (χ0v) is 16.9. The normalized spacial score (nSPS) is 10.9. The van der Waals surface area contributed by atoms with Crippen LogP contribution in [0.25, 0.3) is 10.9 Å². The van der Waals surface area contributed by atoms with E-state index in [4.69, 9.17) is 9.26 Å². The van der Waals surface area contributed by atoms with E-state index in [1.165, 1.54) is 5.56 Å². The fourth-order valence-electron chi connectivity index (χ4n) is 3.16. The molecule has 2 amide bonds. The van der Waals surface area contributed by atoms with Crippen LogP contribution >= 0.6 is 0 Å². The maximum atomic E-state index is 12.3. The van der Waals surface area contributed by atoms with Gasteiger partial charge in [-0.2, -0.15) is 5.10 Å². The van der Waals surface area contributed by atoms with Gasteiger partial charge in [0.05, 0.1) is 16.8 Å². The van der Waals surface area contributed by atoms with E-state index in [9.17, 15) is 4.79 Å². The van der Waals surface area contributed by atoms with Crippen LogP contribution in [-0.2, 0) is 13.0 Å². The predicted molar refractivity (Wildman–Crippen MR) is 114 cm³/mol. The van der Waals surface area contributed by atoms with Gasteiger partial charge in [0.2, 0.25) is 0 Å². The van der Waals surface area contributed by atoms with E-state index < -0.39 is 0 Å². The molecule has 0 aliphatic rings. The van der Waals surface area contributed by atoms with Gasteiger partial charge in [-0.15, -0.1) is 0 Å². The number of aromatic amines is 1. The first-order valence-electron chi connectivity index (χ1n) is 9.71. The number of aromatic nitrogens is 3. The highest BCUT2D eigenvalue weighted by molar-refractivity contribution is 5.99. The summed E-state index contributed by atoms with van der Waals surface area (Å²) in [6.07, 6.45) is 0.759. The number of nitrogens with one attached hydrogen (secondary N) is 3. The molecule has 0 fully saturated rings. The summed E-state index contributed by atoms with van der Waals surface area (Å²) in [7, 11) is 0. The summed E-state index contributed by atoms with van der Waals surface area (Å²) in [6.45, 7) is 4.63. The fraction of sp³-hybridized carbons (Fsp3) is 0.227. The van der Waals surface area contributed by atoms with E-state index in [1.54, 1.807) is 0 Å². The highest BCUT2D eigenvalue weighted by Gasteiger charge is 2.12. The van der Waals surface area contributed by atoms with Crippen molar-refractivity contribution in [2.24, 2.45) is 0 Å². The largest absolute Gasteiger partial charge is 0.489 e. The number of hydrogen-bond donors (Lipinski definition) is 3. The minimum atomic E-state index is -0.304. The molecule has 8 nitrogen and oxygen atoms in total. The minimum Gasteiger partial charge on any atom is -0.489 e. The zero-order chi connectivity index (χ0) is 20.9. The van der Waals surface area contributed by atoms with E-state index in [-0.39, 0.29) is 6.03 Å². The standard InChI is InChI=1S/C22H23N5O3/c1-14-19(15(2)30-27-14)13-29-17-8-9-20-18(12-17)21(26-25-20)24-22(28)23-11-10-16-6-4-3-5-7-16/h3-9,12H,10-11,13H2,1-2H3,(H3,23,24,25,26,28). The Morgan fingerprint density at radius 2 is 2.00 bits per heavy atom. The molecule has 0 saturated heterocycles. The molecule has 0 spiro atoms. The number of urea groups is 1. The summed E-state index contributed by atoms with van der Waals surface area (Å²) >= 11 is 0. The average Bonchev–Trinajstić information content (AvgIpc) is 3.29. The van der Waals surface area contributed by atoms with E-state index in [0.29, 0.717) is 24.7 Å². The molecule has 30 heavy (non-hydrogen) atoms. The van der Waals surface area contributed by atoms with Crippen LogP contribution in [0.15, 0.2) is 53.1 Å². The van der Waals surface area contributed by atoms with Crippen molar-refractivity contribution in [3.8, 4) is 5.75 Å². The maximum Gasteiger partial charge on any atom is 0.320 e. The van der Waals surface area contributed by atoms with Crippen molar-refractivity contribution in [2.45, 2.75) is 26.9 Å². The molecule has 0 saturated carbocycles. The van der Waals surface area contributed by atoms with Crippen LogP contribution in [0.4, 0.5) is 10.6 Å². The highest BCUT2D eigenvalue weighted by Crippen LogP contribution is 2.26. The smallest absolute Gasteiger partial charge is 0.320 e. The van der Waals surface area contributed by atoms with Crippen molar-refractivity contribution in [1.82, 2.24) is 20.7 Å². The molecule has 154 valence electrons. The third kappa shape index (κ3) is 4.43. The number of rotatable bonds is 7. The molecule has 8 heteroatoms. The number of carbonyl (C=O) groups excluding carboxylic acids is 1. The molecule has 0 unspecified atom stereocenters.